The topological polar surface area (TPSA) is 99.5 Å². The molecule has 3 heterocycles. The smallest absolute Gasteiger partial charge is 0.323 e. The molecule has 1 amide bonds. The van der Waals surface area contributed by atoms with Crippen molar-refractivity contribution in [3.8, 4) is 0 Å². The first-order chi connectivity index (χ1) is 18.2. The number of halogens is 1. The lowest BCUT2D eigenvalue weighted by molar-refractivity contribution is -0.137. The van der Waals surface area contributed by atoms with Crippen molar-refractivity contribution in [1.82, 2.24) is 19.9 Å². The van der Waals surface area contributed by atoms with Gasteiger partial charge in [0.2, 0.25) is 5.95 Å². The van der Waals surface area contributed by atoms with Gasteiger partial charge >= 0.3 is 5.97 Å². The molecule has 1 aromatic carbocycles. The van der Waals surface area contributed by atoms with Crippen LogP contribution >= 0.6 is 27.3 Å². The molecule has 10 heteroatoms. The number of carbonyl (C=O) groups excluding carboxylic acids is 1. The Kier molecular flexibility index (Phi) is 9.49. The van der Waals surface area contributed by atoms with Crippen LogP contribution in [0.5, 0.6) is 0 Å². The number of aromatic nitrogens is 3. The Morgan fingerprint density at radius 3 is 2.63 bits per heavy atom. The van der Waals surface area contributed by atoms with E-state index in [-0.39, 0.29) is 18.5 Å². The number of aryl methyl sites for hydroxylation is 3. The van der Waals surface area contributed by atoms with Gasteiger partial charge in [-0.05, 0) is 66.4 Å². The first-order valence-corrected chi connectivity index (χ1v) is 14.6. The Morgan fingerprint density at radius 2 is 1.97 bits per heavy atom. The normalized spacial score (nSPS) is 15.3. The van der Waals surface area contributed by atoms with Gasteiger partial charge in [0.15, 0.2) is 0 Å². The van der Waals surface area contributed by atoms with Gasteiger partial charge in [0.05, 0.1) is 26.8 Å². The van der Waals surface area contributed by atoms with Gasteiger partial charge in [0.25, 0.3) is 5.91 Å². The molecule has 8 nitrogen and oxygen atoms in total. The van der Waals surface area contributed by atoms with E-state index in [0.717, 1.165) is 45.9 Å². The van der Waals surface area contributed by atoms with E-state index in [9.17, 15) is 14.7 Å². The summed E-state index contributed by atoms with van der Waals surface area (Å²) in [5.41, 5.74) is 3.14. The zero-order valence-corrected chi connectivity index (χ0v) is 24.5. The summed E-state index contributed by atoms with van der Waals surface area (Å²) in [7, 11) is 0. The first kappa shape index (κ1) is 28.2. The van der Waals surface area contributed by atoms with Crippen LogP contribution in [-0.4, -0.2) is 56.5 Å². The maximum atomic E-state index is 13.6. The quantitative estimate of drug-likeness (QED) is 0.301. The molecular formula is C28H34BrN5O3S. The number of aliphatic carboxylic acids is 1. The van der Waals surface area contributed by atoms with Crippen molar-refractivity contribution in [2.45, 2.75) is 58.9 Å². The number of hydrogen-bond donors (Lipinski definition) is 1. The Labute approximate surface area is 236 Å². The summed E-state index contributed by atoms with van der Waals surface area (Å²) in [4.78, 5) is 43.1. The van der Waals surface area contributed by atoms with E-state index < -0.39 is 5.97 Å². The molecule has 1 fully saturated rings. The fourth-order valence-electron chi connectivity index (χ4n) is 4.62. The maximum absolute atomic E-state index is 13.6. The highest BCUT2D eigenvalue weighted by Crippen LogP contribution is 2.39. The number of hydrogen-bond acceptors (Lipinski definition) is 7. The third kappa shape index (κ3) is 6.96. The minimum atomic E-state index is -1.03. The van der Waals surface area contributed by atoms with Gasteiger partial charge in [-0.3, -0.25) is 9.59 Å². The molecule has 1 aliphatic rings. The predicted molar refractivity (Wildman–Crippen MR) is 153 cm³/mol. The van der Waals surface area contributed by atoms with Gasteiger partial charge in [-0.25, -0.2) is 15.0 Å². The molecule has 2 aromatic heterocycles. The van der Waals surface area contributed by atoms with Crippen molar-refractivity contribution >= 4 is 45.1 Å². The van der Waals surface area contributed by atoms with Crippen molar-refractivity contribution in [3.05, 3.63) is 67.8 Å². The second kappa shape index (κ2) is 12.8. The summed E-state index contributed by atoms with van der Waals surface area (Å²) in [6.45, 7) is 6.94. The molecule has 3 aromatic rings. The summed E-state index contributed by atoms with van der Waals surface area (Å²) >= 11 is 5.23. The van der Waals surface area contributed by atoms with Crippen LogP contribution in [0.1, 0.15) is 71.5 Å². The molecule has 0 radical (unpaired) electrons. The van der Waals surface area contributed by atoms with Crippen LogP contribution in [0.2, 0.25) is 0 Å². The Hall–Kier alpha value is -2.85. The average molecular weight is 601 g/mol. The number of rotatable bonds is 11. The summed E-state index contributed by atoms with van der Waals surface area (Å²) in [6, 6.07) is 10.2. The summed E-state index contributed by atoms with van der Waals surface area (Å²) in [5, 5.41) is 10.5. The molecule has 0 bridgehead atoms. The van der Waals surface area contributed by atoms with E-state index in [1.807, 2.05) is 25.1 Å². The van der Waals surface area contributed by atoms with Crippen LogP contribution in [0.4, 0.5) is 5.95 Å². The molecule has 1 atom stereocenters. The number of amides is 1. The lowest BCUT2D eigenvalue weighted by Gasteiger charge is -2.25. The Bertz CT molecular complexity index is 1250. The fourth-order valence-corrected chi connectivity index (χ4v) is 6.15. The number of thiazole rings is 1. The average Bonchev–Trinajstić information content (AvgIpc) is 3.51. The summed E-state index contributed by atoms with van der Waals surface area (Å²) < 4.78 is 1.03. The van der Waals surface area contributed by atoms with Crippen LogP contribution in [0.25, 0.3) is 0 Å². The van der Waals surface area contributed by atoms with Gasteiger partial charge in [-0.1, -0.05) is 44.2 Å². The number of benzene rings is 1. The Balaban J connectivity index is 1.67. The van der Waals surface area contributed by atoms with Crippen molar-refractivity contribution in [3.63, 3.8) is 0 Å². The number of carbonyl (C=O) groups is 2. The molecule has 4 rings (SSSR count). The molecule has 1 N–H and O–H groups in total. The summed E-state index contributed by atoms with van der Waals surface area (Å²) in [5.74, 6) is -0.435. The minimum Gasteiger partial charge on any atom is -0.480 e. The number of anilines is 1. The molecule has 1 aliphatic heterocycles. The third-order valence-electron chi connectivity index (χ3n) is 6.72. The molecule has 0 saturated carbocycles. The van der Waals surface area contributed by atoms with Crippen molar-refractivity contribution in [2.24, 2.45) is 5.92 Å². The monoisotopic (exact) mass is 599 g/mol. The number of carboxylic acids is 1. The predicted octanol–water partition coefficient (Wildman–Crippen LogP) is 5.70. The molecule has 38 heavy (non-hydrogen) atoms. The van der Waals surface area contributed by atoms with Gasteiger partial charge in [0.1, 0.15) is 11.6 Å². The fraction of sp³-hybridized carbons (Fsp3) is 0.464. The second-order valence-electron chi connectivity index (χ2n) is 10.1. The number of nitrogens with zero attached hydrogens (tertiary/aromatic N) is 5. The van der Waals surface area contributed by atoms with Crippen LogP contribution in [-0.2, 0) is 17.6 Å². The number of carboxylic acid groups (broad SMARTS) is 1. The SMILES string of the molecule is Cc1nc([C@H]2CCCN2c2ncc(C(=O)N(CCC(C)C)CC(=O)O)c(CCc3ccccc3)n2)sc1Br. The molecule has 202 valence electrons. The van der Waals surface area contributed by atoms with E-state index in [1.54, 1.807) is 17.5 Å². The zero-order valence-electron chi connectivity index (χ0n) is 22.1. The molecule has 0 unspecified atom stereocenters. The largest absolute Gasteiger partial charge is 0.480 e. The van der Waals surface area contributed by atoms with Gasteiger partial charge in [-0.2, -0.15) is 0 Å². The van der Waals surface area contributed by atoms with E-state index in [4.69, 9.17) is 9.97 Å². The highest BCUT2D eigenvalue weighted by Gasteiger charge is 2.32. The van der Waals surface area contributed by atoms with E-state index in [2.05, 4.69) is 51.8 Å². The van der Waals surface area contributed by atoms with Crippen LogP contribution in [0.15, 0.2) is 40.3 Å². The third-order valence-corrected chi connectivity index (χ3v) is 8.83. The standard InChI is InChI=1S/C28H34BrN5O3S/c1-18(2)13-15-33(17-24(35)36)27(37)21-16-30-28(32-22(21)12-11-20-8-5-4-6-9-20)34-14-7-10-23(34)26-31-19(3)25(29)38-26/h4-6,8-9,16,18,23H,7,10-15,17H2,1-3H3,(H,35,36)/t23-/m1/s1. The minimum absolute atomic E-state index is 0.0862. The van der Waals surface area contributed by atoms with Crippen molar-refractivity contribution in [1.29, 1.82) is 0 Å². The highest BCUT2D eigenvalue weighted by molar-refractivity contribution is 9.11. The van der Waals surface area contributed by atoms with Gasteiger partial charge in [0, 0.05) is 19.3 Å². The van der Waals surface area contributed by atoms with E-state index >= 15 is 0 Å². The van der Waals surface area contributed by atoms with Crippen LogP contribution in [0, 0.1) is 12.8 Å². The zero-order chi connectivity index (χ0) is 27.2. The Morgan fingerprint density at radius 1 is 1.21 bits per heavy atom. The van der Waals surface area contributed by atoms with E-state index in [1.165, 1.54) is 4.90 Å². The molecule has 0 spiro atoms. The van der Waals surface area contributed by atoms with Crippen molar-refractivity contribution in [2.75, 3.05) is 24.5 Å². The van der Waals surface area contributed by atoms with Gasteiger partial charge < -0.3 is 14.9 Å². The molecular weight excluding hydrogens is 566 g/mol. The van der Waals surface area contributed by atoms with Crippen LogP contribution < -0.4 is 4.90 Å². The highest BCUT2D eigenvalue weighted by atomic mass is 79.9. The van der Waals surface area contributed by atoms with Crippen LogP contribution in [0.3, 0.4) is 0 Å². The second-order valence-corrected chi connectivity index (χ2v) is 12.4. The van der Waals surface area contributed by atoms with E-state index in [0.29, 0.717) is 42.5 Å². The first-order valence-electron chi connectivity index (χ1n) is 13.0. The maximum Gasteiger partial charge on any atom is 0.323 e. The van der Waals surface area contributed by atoms with Gasteiger partial charge in [-0.15, -0.1) is 11.3 Å². The lowest BCUT2D eigenvalue weighted by atomic mass is 10.0. The molecule has 0 aliphatic carbocycles. The lowest BCUT2D eigenvalue weighted by Crippen LogP contribution is -2.38. The van der Waals surface area contributed by atoms with Crippen molar-refractivity contribution < 1.29 is 14.7 Å². The molecule has 1 saturated heterocycles. The summed E-state index contributed by atoms with van der Waals surface area (Å²) in [6.07, 6.45) is 5.54.